The van der Waals surface area contributed by atoms with Crippen molar-refractivity contribution in [2.45, 2.75) is 4.90 Å². The van der Waals surface area contributed by atoms with Crippen molar-refractivity contribution in [1.82, 2.24) is 14.1 Å². The zero-order valence-corrected chi connectivity index (χ0v) is 16.6. The fourth-order valence-electron chi connectivity index (χ4n) is 3.27. The number of sulfonamides is 1. The van der Waals surface area contributed by atoms with E-state index in [2.05, 4.69) is 5.10 Å². The molecule has 7 nitrogen and oxygen atoms in total. The molecule has 10 heteroatoms. The average Bonchev–Trinajstić information content (AvgIpc) is 2.76. The van der Waals surface area contributed by atoms with Crippen molar-refractivity contribution in [1.29, 1.82) is 0 Å². The molecule has 0 radical (unpaired) electrons. The summed E-state index contributed by atoms with van der Waals surface area (Å²) in [4.78, 5) is 13.8. The summed E-state index contributed by atoms with van der Waals surface area (Å²) in [5.74, 6) is -1.76. The van der Waals surface area contributed by atoms with Gasteiger partial charge in [-0.05, 0) is 36.4 Å². The van der Waals surface area contributed by atoms with Crippen molar-refractivity contribution in [2.24, 2.45) is 0 Å². The smallest absolute Gasteiger partial charge is 0.271 e. The van der Waals surface area contributed by atoms with Gasteiger partial charge in [0.25, 0.3) is 5.56 Å². The van der Waals surface area contributed by atoms with E-state index in [1.165, 1.54) is 15.1 Å². The summed E-state index contributed by atoms with van der Waals surface area (Å²) in [5.41, 5.74) is 0.355. The van der Waals surface area contributed by atoms with Crippen molar-refractivity contribution in [2.75, 3.05) is 31.1 Å². The number of nitrogens with zero attached hydrogens (tertiary/aromatic N) is 4. The third kappa shape index (κ3) is 3.83. The Labute approximate surface area is 171 Å². The van der Waals surface area contributed by atoms with E-state index in [-0.39, 0.29) is 23.5 Å². The monoisotopic (exact) mass is 432 g/mol. The lowest BCUT2D eigenvalue weighted by Crippen LogP contribution is -2.49. The lowest BCUT2D eigenvalue weighted by Gasteiger charge is -2.34. The number of para-hydroxylation sites is 1. The van der Waals surface area contributed by atoms with Gasteiger partial charge in [0.05, 0.1) is 10.6 Å². The van der Waals surface area contributed by atoms with Gasteiger partial charge in [-0.2, -0.15) is 8.99 Å². The van der Waals surface area contributed by atoms with Gasteiger partial charge >= 0.3 is 0 Å². The number of halogens is 2. The fourth-order valence-corrected chi connectivity index (χ4v) is 4.70. The molecule has 1 aliphatic heterocycles. The van der Waals surface area contributed by atoms with Crippen LogP contribution in [0.3, 0.4) is 0 Å². The Balaban J connectivity index is 1.52. The Morgan fingerprint density at radius 3 is 2.20 bits per heavy atom. The van der Waals surface area contributed by atoms with Crippen LogP contribution in [0.1, 0.15) is 0 Å². The van der Waals surface area contributed by atoms with Crippen LogP contribution in [-0.4, -0.2) is 48.7 Å². The van der Waals surface area contributed by atoms with Crippen molar-refractivity contribution >= 4 is 15.8 Å². The zero-order valence-electron chi connectivity index (χ0n) is 15.8. The Kier molecular flexibility index (Phi) is 5.35. The molecule has 0 aliphatic carbocycles. The van der Waals surface area contributed by atoms with Gasteiger partial charge in [-0.15, -0.1) is 5.10 Å². The molecule has 0 N–H and O–H groups in total. The lowest BCUT2D eigenvalue weighted by atomic mass is 10.3. The van der Waals surface area contributed by atoms with Gasteiger partial charge in [-0.25, -0.2) is 17.2 Å². The van der Waals surface area contributed by atoms with Crippen LogP contribution in [0.5, 0.6) is 0 Å². The van der Waals surface area contributed by atoms with Crippen LogP contribution in [0.2, 0.25) is 0 Å². The third-order valence-corrected chi connectivity index (χ3v) is 6.77. The van der Waals surface area contributed by atoms with Crippen LogP contribution in [0.25, 0.3) is 5.69 Å². The Morgan fingerprint density at radius 2 is 1.53 bits per heavy atom. The summed E-state index contributed by atoms with van der Waals surface area (Å²) in [6, 6.07) is 14.5. The highest BCUT2D eigenvalue weighted by Gasteiger charge is 2.29. The first-order chi connectivity index (χ1) is 14.4. The summed E-state index contributed by atoms with van der Waals surface area (Å²) in [5, 5.41) is 4.40. The minimum Gasteiger partial charge on any atom is -0.353 e. The minimum atomic E-state index is -3.94. The molecule has 3 aromatic rings. The summed E-state index contributed by atoms with van der Waals surface area (Å²) in [6.45, 7) is 0.965. The minimum absolute atomic E-state index is 0.146. The third-order valence-electron chi connectivity index (χ3n) is 4.88. The average molecular weight is 432 g/mol. The molecule has 1 fully saturated rings. The second kappa shape index (κ2) is 7.96. The molecular weight excluding hydrogens is 414 g/mol. The highest BCUT2D eigenvalue weighted by atomic mass is 32.2. The molecule has 1 saturated heterocycles. The van der Waals surface area contributed by atoms with Crippen molar-refractivity contribution in [3.8, 4) is 5.69 Å². The van der Waals surface area contributed by atoms with E-state index in [0.717, 1.165) is 12.1 Å². The van der Waals surface area contributed by atoms with Crippen LogP contribution >= 0.6 is 0 Å². The lowest BCUT2D eigenvalue weighted by molar-refractivity contribution is 0.382. The molecule has 2 heterocycles. The summed E-state index contributed by atoms with van der Waals surface area (Å²) >= 11 is 0. The number of rotatable bonds is 4. The van der Waals surface area contributed by atoms with E-state index in [4.69, 9.17) is 0 Å². The Hall–Kier alpha value is -3.11. The normalized spacial score (nSPS) is 15.3. The predicted octanol–water partition coefficient (Wildman–Crippen LogP) is 2.02. The van der Waals surface area contributed by atoms with E-state index in [1.54, 1.807) is 30.3 Å². The first-order valence-corrected chi connectivity index (χ1v) is 10.7. The number of hydrogen-bond acceptors (Lipinski definition) is 5. The van der Waals surface area contributed by atoms with E-state index in [9.17, 15) is 22.0 Å². The van der Waals surface area contributed by atoms with Crippen LogP contribution in [0, 0.1) is 11.6 Å². The van der Waals surface area contributed by atoms with Gasteiger partial charge in [0.1, 0.15) is 5.82 Å². The Bertz CT molecular complexity index is 1220. The molecule has 30 heavy (non-hydrogen) atoms. The number of anilines is 1. The highest BCUT2D eigenvalue weighted by molar-refractivity contribution is 7.89. The number of aromatic nitrogens is 2. The SMILES string of the molecule is O=c1ccc(N2CCN(S(=O)(=O)c3ccc(F)c(F)c3)CC2)nn1-c1ccccc1. The first kappa shape index (κ1) is 20.2. The molecule has 1 aromatic heterocycles. The molecule has 0 amide bonds. The zero-order chi connectivity index (χ0) is 21.3. The van der Waals surface area contributed by atoms with Crippen molar-refractivity contribution in [3.05, 3.63) is 82.7 Å². The van der Waals surface area contributed by atoms with Crippen LogP contribution in [-0.2, 0) is 10.0 Å². The quantitative estimate of drug-likeness (QED) is 0.631. The van der Waals surface area contributed by atoms with Crippen LogP contribution in [0.15, 0.2) is 70.4 Å². The number of hydrogen-bond donors (Lipinski definition) is 0. The second-order valence-electron chi connectivity index (χ2n) is 6.74. The maximum Gasteiger partial charge on any atom is 0.271 e. The van der Waals surface area contributed by atoms with Gasteiger partial charge in [-0.1, -0.05) is 18.2 Å². The summed E-state index contributed by atoms with van der Waals surface area (Å²) in [7, 11) is -3.94. The molecule has 0 spiro atoms. The van der Waals surface area contributed by atoms with Gasteiger partial charge in [0, 0.05) is 32.2 Å². The predicted molar refractivity (Wildman–Crippen MR) is 107 cm³/mol. The second-order valence-corrected chi connectivity index (χ2v) is 8.68. The standard InChI is InChI=1S/C20H18F2N4O3S/c21-17-7-6-16(14-18(17)22)30(28,29)25-12-10-24(11-13-25)19-8-9-20(27)26(23-19)15-4-2-1-3-5-15/h1-9,14H,10-13H2. The number of benzene rings is 2. The number of piperazine rings is 1. The molecule has 0 bridgehead atoms. The molecule has 1 aliphatic rings. The maximum atomic E-state index is 13.5. The van der Waals surface area contributed by atoms with E-state index < -0.39 is 21.7 Å². The molecule has 0 atom stereocenters. The molecular formula is C20H18F2N4O3S. The van der Waals surface area contributed by atoms with Gasteiger partial charge in [0.15, 0.2) is 11.6 Å². The van der Waals surface area contributed by atoms with Crippen LogP contribution in [0.4, 0.5) is 14.6 Å². The molecule has 2 aromatic carbocycles. The van der Waals surface area contributed by atoms with Gasteiger partial charge in [-0.3, -0.25) is 4.79 Å². The van der Waals surface area contributed by atoms with E-state index >= 15 is 0 Å². The molecule has 156 valence electrons. The summed E-state index contributed by atoms with van der Waals surface area (Å²) in [6.07, 6.45) is 0. The van der Waals surface area contributed by atoms with Crippen molar-refractivity contribution < 1.29 is 17.2 Å². The highest BCUT2D eigenvalue weighted by Crippen LogP contribution is 2.21. The van der Waals surface area contributed by atoms with E-state index in [0.29, 0.717) is 30.7 Å². The topological polar surface area (TPSA) is 75.5 Å². The molecule has 4 rings (SSSR count). The van der Waals surface area contributed by atoms with Crippen LogP contribution < -0.4 is 10.5 Å². The Morgan fingerprint density at radius 1 is 0.833 bits per heavy atom. The maximum absolute atomic E-state index is 13.5. The van der Waals surface area contributed by atoms with Gasteiger partial charge in [0.2, 0.25) is 10.0 Å². The largest absolute Gasteiger partial charge is 0.353 e. The fraction of sp³-hybridized carbons (Fsp3) is 0.200. The van der Waals surface area contributed by atoms with Crippen molar-refractivity contribution in [3.63, 3.8) is 0 Å². The van der Waals surface area contributed by atoms with E-state index in [1.807, 2.05) is 11.0 Å². The first-order valence-electron chi connectivity index (χ1n) is 9.22. The molecule has 0 saturated carbocycles. The summed E-state index contributed by atoms with van der Waals surface area (Å²) < 4.78 is 54.6. The molecule has 0 unspecified atom stereocenters. The van der Waals surface area contributed by atoms with Gasteiger partial charge < -0.3 is 4.90 Å².